The number of carbonyl (C=O) groups is 1. The van der Waals surface area contributed by atoms with Crippen LogP contribution in [0.2, 0.25) is 0 Å². The molecule has 0 saturated carbocycles. The number of carboxylic acids is 1. The number of hydrogen-bond donors (Lipinski definition) is 1. The summed E-state index contributed by atoms with van der Waals surface area (Å²) in [5, 5.41) is 9.18. The van der Waals surface area contributed by atoms with Gasteiger partial charge < -0.3 is 0 Å². The van der Waals surface area contributed by atoms with E-state index in [1.54, 1.807) is 30.3 Å². The van der Waals surface area contributed by atoms with Gasteiger partial charge in [-0.2, -0.15) is 0 Å². The van der Waals surface area contributed by atoms with Gasteiger partial charge in [-0.05, 0) is 0 Å². The van der Waals surface area contributed by atoms with Crippen molar-refractivity contribution in [2.24, 2.45) is 0 Å². The zero-order valence-corrected chi connectivity index (χ0v) is 14.6. The number of aromatic nitrogens is 2. The van der Waals surface area contributed by atoms with Crippen molar-refractivity contribution < 1.29 is 32.7 Å². The fourth-order valence-electron chi connectivity index (χ4n) is 2.16. The maximum absolute atomic E-state index is 15.3. The molecule has 1 N–H and O–H groups in total. The van der Waals surface area contributed by atoms with Crippen molar-refractivity contribution in [2.45, 2.75) is 0 Å². The molecule has 0 aliphatic heterocycles. The molecule has 24 heavy (non-hydrogen) atoms. The van der Waals surface area contributed by atoms with Crippen LogP contribution >= 0.6 is 0 Å². The monoisotopic (exact) mass is 507 g/mol. The summed E-state index contributed by atoms with van der Waals surface area (Å²) in [6, 6.07) is 13.7. The van der Waals surface area contributed by atoms with Crippen LogP contribution in [-0.4, -0.2) is 21.0 Å². The summed E-state index contributed by atoms with van der Waals surface area (Å²) < 4.78 is 30.0. The third kappa shape index (κ3) is 2.96. The summed E-state index contributed by atoms with van der Waals surface area (Å²) in [5.74, 6) is -1.45. The second kappa shape index (κ2) is 6.55. The Morgan fingerprint density at radius 3 is 2.25 bits per heavy atom. The molecular formula is C17H12F2IrN2O2. The predicted octanol–water partition coefficient (Wildman–Crippen LogP) is 2.72. The quantitative estimate of drug-likeness (QED) is 0.591. The van der Waals surface area contributed by atoms with E-state index in [1.807, 2.05) is 0 Å². The van der Waals surface area contributed by atoms with Crippen molar-refractivity contribution in [3.63, 3.8) is 0 Å². The normalized spacial score (nSPS) is 11.9. The molecule has 0 bridgehead atoms. The molecule has 1 aromatic carbocycles. The maximum atomic E-state index is 15.3. The van der Waals surface area contributed by atoms with Gasteiger partial charge in [-0.25, -0.2) is 0 Å². The van der Waals surface area contributed by atoms with E-state index in [9.17, 15) is 9.90 Å². The first-order chi connectivity index (χ1) is 11.5. The molecule has 7 heteroatoms. The number of hydrogen-bond acceptors (Lipinski definition) is 3. The van der Waals surface area contributed by atoms with Crippen LogP contribution < -0.4 is 8.15 Å². The van der Waals surface area contributed by atoms with Crippen LogP contribution in [0.25, 0.3) is 11.3 Å². The van der Waals surface area contributed by atoms with Crippen LogP contribution in [0.15, 0.2) is 67.0 Å². The van der Waals surface area contributed by atoms with Crippen LogP contribution in [0.1, 0.15) is 10.5 Å². The van der Waals surface area contributed by atoms with Gasteiger partial charge >= 0.3 is 141 Å². The average Bonchev–Trinajstić information content (AvgIpc) is 2.62. The summed E-state index contributed by atoms with van der Waals surface area (Å²) in [4.78, 5) is 19.0. The number of halogens is 2. The number of carboxylic acid groups (broad SMARTS) is 1. The molecule has 0 saturated heterocycles. The number of rotatable bonds is 4. The Labute approximate surface area is 141 Å². The first-order valence-corrected chi connectivity index (χ1v) is 11.0. The van der Waals surface area contributed by atoms with E-state index < -0.39 is 32.0 Å². The molecule has 0 radical (unpaired) electrons. The van der Waals surface area contributed by atoms with Gasteiger partial charge in [0.15, 0.2) is 0 Å². The summed E-state index contributed by atoms with van der Waals surface area (Å²) in [5.41, 5.74) is 0.167. The molecule has 2 heterocycles. The topological polar surface area (TPSA) is 63.1 Å². The van der Waals surface area contributed by atoms with Crippen molar-refractivity contribution in [3.05, 3.63) is 72.7 Å². The third-order valence-corrected chi connectivity index (χ3v) is 8.44. The molecule has 0 aliphatic carbocycles. The van der Waals surface area contributed by atoms with Gasteiger partial charge in [0, 0.05) is 0 Å². The Bertz CT molecular complexity index is 889. The van der Waals surface area contributed by atoms with Gasteiger partial charge in [0.25, 0.3) is 0 Å². The molecule has 4 nitrogen and oxygen atoms in total. The first kappa shape index (κ1) is 16.4. The van der Waals surface area contributed by atoms with Gasteiger partial charge in [-0.15, -0.1) is 0 Å². The molecular weight excluding hydrogens is 494 g/mol. The third-order valence-electron chi connectivity index (χ3n) is 3.19. The molecule has 0 spiro atoms. The summed E-state index contributed by atoms with van der Waals surface area (Å²) in [7, 11) is 0. The van der Waals surface area contributed by atoms with Crippen LogP contribution in [0, 0.1) is 0 Å². The van der Waals surface area contributed by atoms with Gasteiger partial charge in [0.2, 0.25) is 0 Å². The fraction of sp³-hybridized carbons (Fsp3) is 0. The van der Waals surface area contributed by atoms with Crippen molar-refractivity contribution >= 4 is 14.1 Å². The molecule has 0 aliphatic rings. The van der Waals surface area contributed by atoms with Gasteiger partial charge in [0.1, 0.15) is 0 Å². The fourth-order valence-corrected chi connectivity index (χ4v) is 6.75. The molecule has 2 aromatic heterocycles. The first-order valence-electron chi connectivity index (χ1n) is 6.80. The standard InChI is InChI=1S/C11H8N.C6H4NO2.2FH.Ir/c1-2-6-10(7-3-1)11-8-4-5-9-12-11;8-6(9)5-3-1-2-4-7-5;;;/h1-6,8-9H;1-2,4H,(H,8,9);2*1H;/q;;;;+2/p-2. The van der Waals surface area contributed by atoms with E-state index >= 15 is 6.51 Å². The van der Waals surface area contributed by atoms with Crippen LogP contribution in [0.3, 0.4) is 0 Å². The van der Waals surface area contributed by atoms with Gasteiger partial charge in [0.05, 0.1) is 0 Å². The number of nitrogens with zero attached hydrogens (tertiary/aromatic N) is 2. The minimum atomic E-state index is -5.88. The van der Waals surface area contributed by atoms with Crippen molar-refractivity contribution in [2.75, 3.05) is 0 Å². The molecule has 0 fully saturated rings. The molecule has 125 valence electrons. The molecule has 3 aromatic rings. The number of benzene rings is 1. The van der Waals surface area contributed by atoms with E-state index in [2.05, 4.69) is 9.97 Å². The zero-order valence-electron chi connectivity index (χ0n) is 12.2. The van der Waals surface area contributed by atoms with Gasteiger partial charge in [-0.1, -0.05) is 0 Å². The SMILES string of the molecule is O=C(O)c1nccc[c]1[Ir]([F])([F])[c]1ccccc1-c1ccccn1. The van der Waals surface area contributed by atoms with E-state index in [0.717, 1.165) is 6.07 Å². The Morgan fingerprint density at radius 2 is 1.54 bits per heavy atom. The van der Waals surface area contributed by atoms with Crippen molar-refractivity contribution in [1.29, 1.82) is 0 Å². The minimum absolute atomic E-state index is 0.133. The van der Waals surface area contributed by atoms with Gasteiger partial charge in [-0.3, -0.25) is 0 Å². The molecule has 0 amide bonds. The summed E-state index contributed by atoms with van der Waals surface area (Å²) >= 11 is -5.88. The van der Waals surface area contributed by atoms with E-state index in [1.165, 1.54) is 30.6 Å². The Hall–Kier alpha value is -2.50. The van der Waals surface area contributed by atoms with Crippen LogP contribution in [0.4, 0.5) is 6.51 Å². The van der Waals surface area contributed by atoms with Crippen molar-refractivity contribution in [3.8, 4) is 11.3 Å². The summed E-state index contributed by atoms with van der Waals surface area (Å²) in [6.45, 7) is 0. The Balaban J connectivity index is 2.21. The van der Waals surface area contributed by atoms with Crippen LogP contribution in [-0.2, 0) is 16.3 Å². The predicted molar refractivity (Wildman–Crippen MR) is 82.4 cm³/mol. The van der Waals surface area contributed by atoms with E-state index in [-0.39, 0.29) is 4.08 Å². The second-order valence-electron chi connectivity index (χ2n) is 4.67. The number of aromatic carboxylic acids is 1. The van der Waals surface area contributed by atoms with Crippen molar-refractivity contribution in [1.82, 2.24) is 9.97 Å². The average molecular weight is 507 g/mol. The Kier molecular flexibility index (Phi) is 4.46. The molecule has 0 unspecified atom stereocenters. The summed E-state index contributed by atoms with van der Waals surface area (Å²) in [6.07, 6.45) is 2.74. The van der Waals surface area contributed by atoms with Crippen LogP contribution in [0.5, 0.6) is 0 Å². The number of pyridine rings is 2. The second-order valence-corrected chi connectivity index (χ2v) is 10.0. The zero-order chi connectivity index (χ0) is 17.2. The van der Waals surface area contributed by atoms with E-state index in [0.29, 0.717) is 11.3 Å². The van der Waals surface area contributed by atoms with E-state index in [4.69, 9.17) is 0 Å². The molecule has 0 atom stereocenters. The molecule has 3 rings (SSSR count). The Morgan fingerprint density at radius 1 is 0.875 bits per heavy atom.